The Bertz CT molecular complexity index is 2330. The zero-order chi connectivity index (χ0) is 45.4. The number of benzene rings is 3. The number of carbonyl (C=O) groups is 4. The Morgan fingerprint density at radius 3 is 2.27 bits per heavy atom. The van der Waals surface area contributed by atoms with Gasteiger partial charge in [-0.1, -0.05) is 39.0 Å². The maximum atomic E-state index is 13.8. The number of hydrogen-bond donors (Lipinski definition) is 3. The molecule has 18 heteroatoms. The number of H-pyrrole nitrogens is 1. The molecule has 3 saturated heterocycles. The normalized spacial score (nSPS) is 19.7. The van der Waals surface area contributed by atoms with Crippen LogP contribution < -0.4 is 15.4 Å². The summed E-state index contributed by atoms with van der Waals surface area (Å²) in [6, 6.07) is 11.9. The van der Waals surface area contributed by atoms with Gasteiger partial charge in [0.25, 0.3) is 0 Å². The number of piperazine rings is 1. The first-order chi connectivity index (χ1) is 29.8. The summed E-state index contributed by atoms with van der Waals surface area (Å²) in [7, 11) is 1.25. The van der Waals surface area contributed by atoms with Crippen LogP contribution in [0, 0.1) is 11.8 Å². The fourth-order valence-electron chi connectivity index (χ4n) is 8.85. The van der Waals surface area contributed by atoms with E-state index in [4.69, 9.17) is 14.5 Å². The lowest BCUT2D eigenvalue weighted by atomic mass is 9.99. The van der Waals surface area contributed by atoms with Crippen molar-refractivity contribution in [3.63, 3.8) is 0 Å². The van der Waals surface area contributed by atoms with Crippen LogP contribution in [-0.2, 0) is 14.3 Å². The molecule has 3 aromatic carbocycles. The van der Waals surface area contributed by atoms with Gasteiger partial charge in [0.1, 0.15) is 23.2 Å². The van der Waals surface area contributed by atoms with Crippen LogP contribution in [0.15, 0.2) is 48.5 Å². The summed E-state index contributed by atoms with van der Waals surface area (Å²) >= 11 is 0. The number of carbonyl (C=O) groups excluding carboxylic acids is 4. The molecule has 3 unspecified atom stereocenters. The Morgan fingerprint density at radius 2 is 1.62 bits per heavy atom. The second-order valence-electron chi connectivity index (χ2n) is 18.1. The Morgan fingerprint density at radius 1 is 0.905 bits per heavy atom. The van der Waals surface area contributed by atoms with Crippen molar-refractivity contribution in [1.82, 2.24) is 34.9 Å². The number of aromatic nitrogens is 2. The fraction of sp³-hybridized carbons (Fsp3) is 0.533. The largest absolute Gasteiger partial charge is 0.573 e. The zero-order valence-electron chi connectivity index (χ0n) is 36.8. The van der Waals surface area contributed by atoms with Gasteiger partial charge in [0.2, 0.25) is 5.91 Å². The topological polar surface area (TPSA) is 162 Å². The van der Waals surface area contributed by atoms with Gasteiger partial charge < -0.3 is 44.5 Å². The Hall–Kier alpha value is -5.78. The molecule has 3 fully saturated rings. The van der Waals surface area contributed by atoms with Gasteiger partial charge in [0.05, 0.1) is 24.2 Å². The highest BCUT2D eigenvalue weighted by molar-refractivity contribution is 6.05. The highest BCUT2D eigenvalue weighted by Gasteiger charge is 2.41. The molecule has 3 N–H and O–H groups in total. The Balaban J connectivity index is 1.04. The molecule has 0 aliphatic carbocycles. The predicted molar refractivity (Wildman–Crippen MR) is 231 cm³/mol. The number of halogens is 3. The lowest BCUT2D eigenvalue weighted by Crippen LogP contribution is -2.55. The summed E-state index contributed by atoms with van der Waals surface area (Å²) in [4.78, 5) is 67.6. The molecule has 0 radical (unpaired) electrons. The van der Waals surface area contributed by atoms with Crippen LogP contribution in [0.1, 0.15) is 72.7 Å². The van der Waals surface area contributed by atoms with Gasteiger partial charge in [-0.25, -0.2) is 19.4 Å². The summed E-state index contributed by atoms with van der Waals surface area (Å²) in [6.45, 7) is 15.1. The van der Waals surface area contributed by atoms with E-state index in [2.05, 4.69) is 32.2 Å². The highest BCUT2D eigenvalue weighted by atomic mass is 19.4. The number of urea groups is 1. The summed E-state index contributed by atoms with van der Waals surface area (Å²) in [5.41, 5.74) is 1.60. The summed E-state index contributed by atoms with van der Waals surface area (Å²) in [5.74, 6) is -0.118. The molecule has 63 heavy (non-hydrogen) atoms. The van der Waals surface area contributed by atoms with Gasteiger partial charge >= 0.3 is 24.6 Å². The van der Waals surface area contributed by atoms with E-state index in [1.807, 2.05) is 46.8 Å². The van der Waals surface area contributed by atoms with Crippen molar-refractivity contribution in [1.29, 1.82) is 0 Å². The third-order valence-electron chi connectivity index (χ3n) is 12.0. The first-order valence-corrected chi connectivity index (χ1v) is 21.5. The molecule has 340 valence electrons. The first-order valence-electron chi connectivity index (χ1n) is 21.5. The van der Waals surface area contributed by atoms with Crippen LogP contribution in [0.4, 0.5) is 33.2 Å². The van der Waals surface area contributed by atoms with E-state index in [1.54, 1.807) is 39.0 Å². The van der Waals surface area contributed by atoms with Gasteiger partial charge in [-0.3, -0.25) is 9.69 Å². The summed E-state index contributed by atoms with van der Waals surface area (Å²) in [5, 5.41) is 6.90. The minimum Gasteiger partial charge on any atom is -0.453 e. The van der Waals surface area contributed by atoms with Crippen molar-refractivity contribution >= 4 is 51.6 Å². The molecule has 3 atom stereocenters. The van der Waals surface area contributed by atoms with Crippen molar-refractivity contribution in [3.8, 4) is 16.9 Å². The number of nitrogens with zero attached hydrogens (tertiary/aromatic N) is 5. The number of ether oxygens (including phenoxy) is 3. The molecule has 1 aromatic heterocycles. The van der Waals surface area contributed by atoms with E-state index >= 15 is 0 Å². The van der Waals surface area contributed by atoms with Gasteiger partial charge in [-0.2, -0.15) is 0 Å². The van der Waals surface area contributed by atoms with E-state index in [-0.39, 0.29) is 47.2 Å². The molecular weight excluding hydrogens is 822 g/mol. The number of anilines is 1. The number of amides is 5. The number of nitrogens with one attached hydrogen (secondary N) is 3. The molecule has 7 rings (SSSR count). The number of hydrogen-bond acceptors (Lipinski definition) is 9. The van der Waals surface area contributed by atoms with Crippen molar-refractivity contribution in [3.05, 3.63) is 54.4 Å². The molecule has 4 heterocycles. The standard InChI is InChI=1S/C45H57F3N8O7/c1-26(2)37(52-42(59)61-7)40(57)56-25-27(3)22-35(56)39-50-34-13-9-29-23-28(8-11-33(29)38(34)51-39)32-12-10-30(24-36(32)62-45(46,47)48)49-41(58)54-20-18-53(19-21-54)31-14-16-55(17-15-31)43(60)63-44(4,5)6/h8-13,23-24,26-27,31,35,37H,14-22,25H2,1-7H3,(H,49,58)(H,50,51)(H,52,59). The SMILES string of the molecule is COC(=O)NC(C(=O)N1CC(C)CC1c1nc2c(ccc3cc(-c4ccc(NC(=O)N5CCN(C6CCN(C(=O)OC(C)(C)C)CC6)CC5)cc4OC(F)(F)F)ccc32)[nH]1)C(C)C. The van der Waals surface area contributed by atoms with Crippen LogP contribution in [0.25, 0.3) is 32.9 Å². The zero-order valence-corrected chi connectivity index (χ0v) is 36.8. The lowest BCUT2D eigenvalue weighted by molar-refractivity contribution is -0.274. The van der Waals surface area contributed by atoms with Crippen LogP contribution in [0.5, 0.6) is 5.75 Å². The molecule has 15 nitrogen and oxygen atoms in total. The highest BCUT2D eigenvalue weighted by Crippen LogP contribution is 2.40. The third kappa shape index (κ3) is 10.5. The van der Waals surface area contributed by atoms with Crippen molar-refractivity contribution in [2.75, 3.05) is 58.2 Å². The van der Waals surface area contributed by atoms with Crippen molar-refractivity contribution in [2.45, 2.75) is 90.9 Å². The van der Waals surface area contributed by atoms with Crippen molar-refractivity contribution < 1.29 is 46.6 Å². The van der Waals surface area contributed by atoms with E-state index in [9.17, 15) is 32.3 Å². The lowest BCUT2D eigenvalue weighted by Gasteiger charge is -2.42. The quantitative estimate of drug-likeness (QED) is 0.159. The van der Waals surface area contributed by atoms with Crippen molar-refractivity contribution in [2.24, 2.45) is 11.8 Å². The number of fused-ring (bicyclic) bond motifs is 3. The third-order valence-corrected chi connectivity index (χ3v) is 12.0. The fourth-order valence-corrected chi connectivity index (χ4v) is 8.85. The van der Waals surface area contributed by atoms with Gasteiger partial charge in [-0.15, -0.1) is 13.2 Å². The summed E-state index contributed by atoms with van der Waals surface area (Å²) < 4.78 is 56.4. The average molecular weight is 879 g/mol. The van der Waals surface area contributed by atoms with E-state index in [0.717, 1.165) is 29.1 Å². The van der Waals surface area contributed by atoms with Gasteiger partial charge in [0, 0.05) is 74.6 Å². The summed E-state index contributed by atoms with van der Waals surface area (Å²) in [6.07, 6.45) is -3.74. The smallest absolute Gasteiger partial charge is 0.453 e. The average Bonchev–Trinajstić information content (AvgIpc) is 3.85. The Kier molecular flexibility index (Phi) is 13.0. The minimum absolute atomic E-state index is 0.154. The number of imidazole rings is 1. The van der Waals surface area contributed by atoms with E-state index < -0.39 is 35.9 Å². The number of rotatable bonds is 8. The van der Waals surface area contributed by atoms with Crippen LogP contribution >= 0.6 is 0 Å². The molecule has 0 bridgehead atoms. The second kappa shape index (κ2) is 18.1. The molecule has 3 aliphatic rings. The number of likely N-dealkylation sites (tertiary alicyclic amines) is 2. The van der Waals surface area contributed by atoms with Gasteiger partial charge in [0.15, 0.2) is 0 Å². The molecular formula is C45H57F3N8O7. The first kappa shape index (κ1) is 45.3. The van der Waals surface area contributed by atoms with Crippen LogP contribution in [0.3, 0.4) is 0 Å². The molecule has 4 aromatic rings. The van der Waals surface area contributed by atoms with E-state index in [0.29, 0.717) is 69.1 Å². The second-order valence-corrected chi connectivity index (χ2v) is 18.1. The maximum absolute atomic E-state index is 13.8. The number of aromatic amines is 1. The number of alkyl halides is 3. The van der Waals surface area contributed by atoms with Crippen LogP contribution in [-0.4, -0.2) is 131 Å². The number of piperidine rings is 1. The van der Waals surface area contributed by atoms with Gasteiger partial charge in [-0.05, 0) is 87.1 Å². The molecule has 0 spiro atoms. The van der Waals surface area contributed by atoms with Crippen LogP contribution in [0.2, 0.25) is 0 Å². The predicted octanol–water partition coefficient (Wildman–Crippen LogP) is 8.12. The molecule has 5 amide bonds. The van der Waals surface area contributed by atoms with E-state index in [1.165, 1.54) is 19.2 Å². The molecule has 3 aliphatic heterocycles. The maximum Gasteiger partial charge on any atom is 0.573 e. The number of alkyl carbamates (subject to hydrolysis) is 1. The molecule has 0 saturated carbocycles. The monoisotopic (exact) mass is 878 g/mol. The number of methoxy groups -OCH3 is 1. The Labute approximate surface area is 364 Å². The minimum atomic E-state index is -5.00.